The summed E-state index contributed by atoms with van der Waals surface area (Å²) in [6.45, 7) is 0.544. The summed E-state index contributed by atoms with van der Waals surface area (Å²) in [5.41, 5.74) is 0.809. The van der Waals surface area contributed by atoms with Crippen LogP contribution in [0.4, 0.5) is 4.39 Å². The van der Waals surface area contributed by atoms with Gasteiger partial charge in [-0.1, -0.05) is 12.1 Å². The molecule has 1 fully saturated rings. The predicted octanol–water partition coefficient (Wildman–Crippen LogP) is 2.04. The maximum atomic E-state index is 12.9. The van der Waals surface area contributed by atoms with Crippen molar-refractivity contribution in [2.24, 2.45) is 0 Å². The number of halogens is 1. The van der Waals surface area contributed by atoms with Crippen molar-refractivity contribution in [1.82, 2.24) is 0 Å². The molecule has 76 valence electrons. The van der Waals surface area contributed by atoms with Crippen molar-refractivity contribution in [2.75, 3.05) is 6.61 Å². The first-order valence-electron chi connectivity index (χ1n) is 4.81. The number of hydrogen-bond acceptors (Lipinski definition) is 2. The van der Waals surface area contributed by atoms with E-state index < -0.39 is 0 Å². The topological polar surface area (TPSA) is 29.5 Å². The minimum atomic E-state index is -0.322. The molecule has 2 atom stereocenters. The van der Waals surface area contributed by atoms with Crippen molar-refractivity contribution < 1.29 is 14.2 Å². The molecule has 1 N–H and O–H groups in total. The van der Waals surface area contributed by atoms with Crippen molar-refractivity contribution in [3.8, 4) is 0 Å². The normalized spacial score (nSPS) is 27.6. The van der Waals surface area contributed by atoms with Crippen LogP contribution >= 0.6 is 0 Å². The number of aliphatic hydroxyl groups is 1. The van der Waals surface area contributed by atoms with Crippen LogP contribution < -0.4 is 0 Å². The Labute approximate surface area is 82.3 Å². The van der Waals surface area contributed by atoms with Crippen LogP contribution in [0, 0.1) is 5.82 Å². The summed E-state index contributed by atoms with van der Waals surface area (Å²) in [6.07, 6.45) is 0.751. The maximum Gasteiger partial charge on any atom is 0.123 e. The second kappa shape index (κ2) is 4.07. The monoisotopic (exact) mass is 196 g/mol. The summed E-state index contributed by atoms with van der Waals surface area (Å²) in [5.74, 6) is -0.258. The number of aliphatic hydroxyl groups excluding tert-OH is 1. The van der Waals surface area contributed by atoms with Gasteiger partial charge in [0.1, 0.15) is 5.82 Å². The van der Waals surface area contributed by atoms with Crippen LogP contribution in [0.1, 0.15) is 24.5 Å². The van der Waals surface area contributed by atoms with Crippen LogP contribution in [0.2, 0.25) is 0 Å². The molecule has 2 rings (SSSR count). The van der Waals surface area contributed by atoms with E-state index in [0.717, 1.165) is 5.56 Å². The lowest BCUT2D eigenvalue weighted by molar-refractivity contribution is -0.0449. The molecule has 0 aromatic heterocycles. The lowest BCUT2D eigenvalue weighted by atomic mass is 9.99. The third-order valence-corrected chi connectivity index (χ3v) is 2.48. The molecule has 1 aliphatic rings. The number of hydrogen-bond donors (Lipinski definition) is 1. The standard InChI is InChI=1S/C11H13FO2/c12-9-3-1-2-8(6-9)11-7-10(13)4-5-14-11/h1-3,6,10-11,13H,4-5,7H2. The highest BCUT2D eigenvalue weighted by Gasteiger charge is 2.22. The quantitative estimate of drug-likeness (QED) is 0.744. The zero-order chi connectivity index (χ0) is 9.97. The summed E-state index contributed by atoms with van der Waals surface area (Å²) < 4.78 is 18.4. The molecule has 0 radical (unpaired) electrons. The molecule has 1 aromatic carbocycles. The van der Waals surface area contributed by atoms with Crippen molar-refractivity contribution in [3.63, 3.8) is 0 Å². The van der Waals surface area contributed by atoms with Gasteiger partial charge in [-0.3, -0.25) is 0 Å². The fourth-order valence-corrected chi connectivity index (χ4v) is 1.72. The van der Waals surface area contributed by atoms with E-state index in [4.69, 9.17) is 4.74 Å². The van der Waals surface area contributed by atoms with Gasteiger partial charge >= 0.3 is 0 Å². The van der Waals surface area contributed by atoms with Gasteiger partial charge in [0.25, 0.3) is 0 Å². The van der Waals surface area contributed by atoms with E-state index in [9.17, 15) is 9.50 Å². The van der Waals surface area contributed by atoms with Crippen molar-refractivity contribution in [3.05, 3.63) is 35.6 Å². The third-order valence-electron chi connectivity index (χ3n) is 2.48. The van der Waals surface area contributed by atoms with E-state index in [1.54, 1.807) is 6.07 Å². The van der Waals surface area contributed by atoms with Crippen molar-refractivity contribution >= 4 is 0 Å². The first kappa shape index (κ1) is 9.62. The fraction of sp³-hybridized carbons (Fsp3) is 0.455. The molecule has 0 aliphatic carbocycles. The molecular formula is C11H13FO2. The molecular weight excluding hydrogens is 183 g/mol. The van der Waals surface area contributed by atoms with Gasteiger partial charge in [-0.05, 0) is 24.1 Å². The van der Waals surface area contributed by atoms with E-state index >= 15 is 0 Å². The number of ether oxygens (including phenoxy) is 1. The van der Waals surface area contributed by atoms with E-state index in [2.05, 4.69) is 0 Å². The van der Waals surface area contributed by atoms with Gasteiger partial charge in [0, 0.05) is 13.0 Å². The predicted molar refractivity (Wildman–Crippen MR) is 50.3 cm³/mol. The Bertz CT molecular complexity index is 314. The lowest BCUT2D eigenvalue weighted by Gasteiger charge is -2.26. The van der Waals surface area contributed by atoms with Gasteiger partial charge in [-0.15, -0.1) is 0 Å². The minimum absolute atomic E-state index is 0.158. The number of benzene rings is 1. The lowest BCUT2D eigenvalue weighted by Crippen LogP contribution is -2.23. The molecule has 1 aromatic rings. The Hall–Kier alpha value is -0.930. The molecule has 0 bridgehead atoms. The second-order valence-corrected chi connectivity index (χ2v) is 3.59. The summed E-state index contributed by atoms with van der Waals surface area (Å²) in [5, 5.41) is 9.44. The van der Waals surface area contributed by atoms with Gasteiger partial charge in [0.05, 0.1) is 12.2 Å². The van der Waals surface area contributed by atoms with Gasteiger partial charge in [-0.25, -0.2) is 4.39 Å². The number of rotatable bonds is 1. The zero-order valence-corrected chi connectivity index (χ0v) is 7.82. The van der Waals surface area contributed by atoms with E-state index in [0.29, 0.717) is 19.4 Å². The Balaban J connectivity index is 2.14. The first-order chi connectivity index (χ1) is 6.75. The van der Waals surface area contributed by atoms with Crippen LogP contribution in [0.3, 0.4) is 0 Å². The molecule has 0 saturated carbocycles. The summed E-state index contributed by atoms with van der Waals surface area (Å²) in [4.78, 5) is 0. The third kappa shape index (κ3) is 2.11. The Morgan fingerprint density at radius 1 is 1.43 bits per heavy atom. The highest BCUT2D eigenvalue weighted by atomic mass is 19.1. The Morgan fingerprint density at radius 3 is 3.00 bits per heavy atom. The second-order valence-electron chi connectivity index (χ2n) is 3.59. The molecule has 0 spiro atoms. The highest BCUT2D eigenvalue weighted by Crippen LogP contribution is 2.28. The SMILES string of the molecule is OC1CCOC(c2cccc(F)c2)C1. The van der Waals surface area contributed by atoms with Crippen molar-refractivity contribution in [2.45, 2.75) is 25.0 Å². The largest absolute Gasteiger partial charge is 0.393 e. The van der Waals surface area contributed by atoms with Gasteiger partial charge in [-0.2, -0.15) is 0 Å². The average Bonchev–Trinajstić information content (AvgIpc) is 2.18. The maximum absolute atomic E-state index is 12.9. The molecule has 1 heterocycles. The smallest absolute Gasteiger partial charge is 0.123 e. The molecule has 1 aliphatic heterocycles. The zero-order valence-electron chi connectivity index (χ0n) is 7.82. The molecule has 3 heteroatoms. The molecule has 2 unspecified atom stereocenters. The average molecular weight is 196 g/mol. The van der Waals surface area contributed by atoms with Gasteiger partial charge in [0.15, 0.2) is 0 Å². The van der Waals surface area contributed by atoms with Crippen LogP contribution in [-0.4, -0.2) is 17.8 Å². The van der Waals surface area contributed by atoms with E-state index in [1.165, 1.54) is 12.1 Å². The highest BCUT2D eigenvalue weighted by molar-refractivity contribution is 5.19. The Kier molecular flexibility index (Phi) is 2.79. The summed E-state index contributed by atoms with van der Waals surface area (Å²) in [6, 6.07) is 6.35. The molecule has 14 heavy (non-hydrogen) atoms. The Morgan fingerprint density at radius 2 is 2.29 bits per heavy atom. The van der Waals surface area contributed by atoms with E-state index in [-0.39, 0.29) is 18.0 Å². The first-order valence-corrected chi connectivity index (χ1v) is 4.81. The molecule has 2 nitrogen and oxygen atoms in total. The van der Waals surface area contributed by atoms with Gasteiger partial charge in [0.2, 0.25) is 0 Å². The van der Waals surface area contributed by atoms with Crippen LogP contribution in [-0.2, 0) is 4.74 Å². The summed E-state index contributed by atoms with van der Waals surface area (Å²) >= 11 is 0. The van der Waals surface area contributed by atoms with Crippen molar-refractivity contribution in [1.29, 1.82) is 0 Å². The van der Waals surface area contributed by atoms with Crippen LogP contribution in [0.15, 0.2) is 24.3 Å². The summed E-state index contributed by atoms with van der Waals surface area (Å²) in [7, 11) is 0. The minimum Gasteiger partial charge on any atom is -0.393 e. The van der Waals surface area contributed by atoms with Crippen LogP contribution in [0.5, 0.6) is 0 Å². The van der Waals surface area contributed by atoms with E-state index in [1.807, 2.05) is 6.07 Å². The molecule has 0 amide bonds. The van der Waals surface area contributed by atoms with Gasteiger partial charge < -0.3 is 9.84 Å². The van der Waals surface area contributed by atoms with Crippen LogP contribution in [0.25, 0.3) is 0 Å². The fourth-order valence-electron chi connectivity index (χ4n) is 1.72. The molecule has 1 saturated heterocycles.